The van der Waals surface area contributed by atoms with E-state index in [1.807, 2.05) is 0 Å². The van der Waals surface area contributed by atoms with Gasteiger partial charge in [-0.05, 0) is 24.3 Å². The number of benzene rings is 2. The molecule has 19 heavy (non-hydrogen) atoms. The molecule has 0 aliphatic rings. The first-order valence-corrected chi connectivity index (χ1v) is 6.46. The number of hydrogen-bond donors (Lipinski definition) is 3. The smallest absolute Gasteiger partial charge is 0.336 e. The van der Waals surface area contributed by atoms with Crippen molar-refractivity contribution < 1.29 is 15.0 Å². The maximum Gasteiger partial charge on any atom is 0.336 e. The number of nitrogens with two attached hydrogens (primary N) is 1. The van der Waals surface area contributed by atoms with Crippen molar-refractivity contribution in [3.8, 4) is 5.75 Å². The Morgan fingerprint density at radius 1 is 1.21 bits per heavy atom. The molecule has 6 heteroatoms. The Labute approximate surface area is 118 Å². The van der Waals surface area contributed by atoms with E-state index in [0.29, 0.717) is 15.5 Å². The highest BCUT2D eigenvalue weighted by atomic mass is 35.5. The molecule has 2 aromatic carbocycles. The van der Waals surface area contributed by atoms with Gasteiger partial charge in [-0.1, -0.05) is 35.5 Å². The van der Waals surface area contributed by atoms with Crippen LogP contribution in [0.15, 0.2) is 46.2 Å². The quantitative estimate of drug-likeness (QED) is 0.596. The molecular weight excluding hydrogens is 286 g/mol. The third-order valence-corrected chi connectivity index (χ3v) is 3.87. The van der Waals surface area contributed by atoms with Crippen LogP contribution in [0.1, 0.15) is 10.4 Å². The summed E-state index contributed by atoms with van der Waals surface area (Å²) >= 11 is 6.90. The average Bonchev–Trinajstić information content (AvgIpc) is 2.36. The molecule has 2 aromatic rings. The lowest BCUT2D eigenvalue weighted by Crippen LogP contribution is -1.98. The van der Waals surface area contributed by atoms with E-state index in [-0.39, 0.29) is 16.3 Å². The number of aromatic hydroxyl groups is 1. The number of rotatable bonds is 3. The lowest BCUT2D eigenvalue weighted by molar-refractivity contribution is 0.0693. The number of aromatic carboxylic acids is 1. The summed E-state index contributed by atoms with van der Waals surface area (Å²) < 4.78 is 0. The zero-order chi connectivity index (χ0) is 14.0. The maximum atomic E-state index is 11.1. The van der Waals surface area contributed by atoms with Crippen LogP contribution in [0.2, 0.25) is 5.02 Å². The Hall–Kier alpha value is -1.85. The van der Waals surface area contributed by atoms with E-state index < -0.39 is 5.97 Å². The van der Waals surface area contributed by atoms with E-state index in [1.165, 1.54) is 30.0 Å². The molecule has 0 heterocycles. The minimum atomic E-state index is -1.01. The zero-order valence-electron chi connectivity index (χ0n) is 9.63. The van der Waals surface area contributed by atoms with Crippen LogP contribution < -0.4 is 5.73 Å². The van der Waals surface area contributed by atoms with Gasteiger partial charge in [0.2, 0.25) is 0 Å². The molecule has 98 valence electrons. The molecule has 0 saturated heterocycles. The van der Waals surface area contributed by atoms with Crippen LogP contribution in [0.3, 0.4) is 0 Å². The molecule has 0 unspecified atom stereocenters. The van der Waals surface area contributed by atoms with Gasteiger partial charge in [-0.2, -0.15) is 0 Å². The van der Waals surface area contributed by atoms with Crippen LogP contribution >= 0.6 is 23.4 Å². The Morgan fingerprint density at radius 3 is 2.58 bits per heavy atom. The molecule has 0 saturated carbocycles. The minimum absolute atomic E-state index is 0.0915. The molecule has 0 spiro atoms. The topological polar surface area (TPSA) is 83.5 Å². The van der Waals surface area contributed by atoms with Crippen LogP contribution in [0, 0.1) is 0 Å². The van der Waals surface area contributed by atoms with Crippen molar-refractivity contribution >= 4 is 35.0 Å². The lowest BCUT2D eigenvalue weighted by atomic mass is 10.2. The number of phenols is 1. The summed E-state index contributed by atoms with van der Waals surface area (Å²) in [5.41, 5.74) is 6.36. The predicted octanol–water partition coefficient (Wildman–Crippen LogP) is 3.48. The molecule has 0 amide bonds. The van der Waals surface area contributed by atoms with Crippen molar-refractivity contribution in [2.24, 2.45) is 0 Å². The predicted molar refractivity (Wildman–Crippen MR) is 75.1 cm³/mol. The third kappa shape index (κ3) is 2.94. The lowest BCUT2D eigenvalue weighted by Gasteiger charge is -2.09. The van der Waals surface area contributed by atoms with Crippen LogP contribution in [0.5, 0.6) is 5.75 Å². The van der Waals surface area contributed by atoms with E-state index in [9.17, 15) is 9.90 Å². The Morgan fingerprint density at radius 2 is 1.89 bits per heavy atom. The number of carboxylic acids is 1. The van der Waals surface area contributed by atoms with Gasteiger partial charge in [0.1, 0.15) is 5.75 Å². The van der Waals surface area contributed by atoms with Crippen molar-refractivity contribution in [2.45, 2.75) is 9.79 Å². The fourth-order valence-electron chi connectivity index (χ4n) is 1.50. The number of halogens is 1. The highest BCUT2D eigenvalue weighted by Crippen LogP contribution is 2.39. The largest absolute Gasteiger partial charge is 0.506 e. The van der Waals surface area contributed by atoms with E-state index in [1.54, 1.807) is 18.2 Å². The molecule has 4 N–H and O–H groups in total. The molecule has 0 radical (unpaired) electrons. The first-order valence-electron chi connectivity index (χ1n) is 5.27. The molecule has 2 rings (SSSR count). The normalized spacial score (nSPS) is 10.4. The first-order chi connectivity index (χ1) is 8.99. The van der Waals surface area contributed by atoms with Gasteiger partial charge in [0.15, 0.2) is 0 Å². The van der Waals surface area contributed by atoms with Gasteiger partial charge in [-0.15, -0.1) is 0 Å². The van der Waals surface area contributed by atoms with Gasteiger partial charge >= 0.3 is 5.97 Å². The summed E-state index contributed by atoms with van der Waals surface area (Å²) in [6.07, 6.45) is 0. The van der Waals surface area contributed by atoms with E-state index in [2.05, 4.69) is 0 Å². The second-order valence-corrected chi connectivity index (χ2v) is 5.24. The molecule has 0 aliphatic carbocycles. The molecule has 0 atom stereocenters. The highest BCUT2D eigenvalue weighted by molar-refractivity contribution is 7.99. The van der Waals surface area contributed by atoms with Crippen molar-refractivity contribution in [3.05, 3.63) is 47.0 Å². The maximum absolute atomic E-state index is 11.1. The number of anilines is 1. The molecule has 0 fully saturated rings. The van der Waals surface area contributed by atoms with Gasteiger partial charge in [0.05, 0.1) is 10.6 Å². The fourth-order valence-corrected chi connectivity index (χ4v) is 2.67. The minimum Gasteiger partial charge on any atom is -0.506 e. The molecule has 0 aromatic heterocycles. The van der Waals surface area contributed by atoms with Gasteiger partial charge in [-0.3, -0.25) is 0 Å². The van der Waals surface area contributed by atoms with Crippen molar-refractivity contribution in [3.63, 3.8) is 0 Å². The third-order valence-electron chi connectivity index (χ3n) is 2.42. The number of nitrogen functional groups attached to an aromatic ring is 1. The van der Waals surface area contributed by atoms with E-state index in [0.717, 1.165) is 0 Å². The van der Waals surface area contributed by atoms with Gasteiger partial charge in [0.25, 0.3) is 0 Å². The summed E-state index contributed by atoms with van der Waals surface area (Å²) in [7, 11) is 0. The number of carbonyl (C=O) groups is 1. The van der Waals surface area contributed by atoms with Crippen LogP contribution in [0.25, 0.3) is 0 Å². The SMILES string of the molecule is Nc1cc(Cl)c(O)cc1Sc1ccccc1C(=O)O. The molecule has 4 nitrogen and oxygen atoms in total. The van der Waals surface area contributed by atoms with Crippen molar-refractivity contribution in [1.29, 1.82) is 0 Å². The summed E-state index contributed by atoms with van der Waals surface area (Å²) in [5, 5.41) is 18.8. The number of phenolic OH excluding ortho intramolecular Hbond substituents is 1. The molecule has 0 aliphatic heterocycles. The molecular formula is C13H10ClNO3S. The first kappa shape index (κ1) is 13.6. The highest BCUT2D eigenvalue weighted by Gasteiger charge is 2.13. The molecule has 0 bridgehead atoms. The Balaban J connectivity index is 2.42. The van der Waals surface area contributed by atoms with Crippen LogP contribution in [-0.2, 0) is 0 Å². The number of carboxylic acid groups (broad SMARTS) is 1. The van der Waals surface area contributed by atoms with Crippen molar-refractivity contribution in [2.75, 3.05) is 5.73 Å². The van der Waals surface area contributed by atoms with Crippen LogP contribution in [0.4, 0.5) is 5.69 Å². The standard InChI is InChI=1S/C13H10ClNO3S/c14-8-5-9(15)12(6-10(8)16)19-11-4-2-1-3-7(11)13(17)18/h1-6,16H,15H2,(H,17,18). The Kier molecular flexibility index (Phi) is 3.87. The van der Waals surface area contributed by atoms with Gasteiger partial charge in [0, 0.05) is 15.5 Å². The second kappa shape index (κ2) is 5.42. The van der Waals surface area contributed by atoms with Gasteiger partial charge < -0.3 is 15.9 Å². The zero-order valence-corrected chi connectivity index (χ0v) is 11.2. The Bertz CT molecular complexity index is 646. The monoisotopic (exact) mass is 295 g/mol. The van der Waals surface area contributed by atoms with E-state index in [4.69, 9.17) is 22.4 Å². The summed E-state index contributed by atoms with van der Waals surface area (Å²) in [6, 6.07) is 9.43. The number of hydrogen-bond acceptors (Lipinski definition) is 4. The average molecular weight is 296 g/mol. The fraction of sp³-hybridized carbons (Fsp3) is 0. The summed E-state index contributed by atoms with van der Waals surface area (Å²) in [6.45, 7) is 0. The summed E-state index contributed by atoms with van der Waals surface area (Å²) in [4.78, 5) is 12.2. The van der Waals surface area contributed by atoms with E-state index >= 15 is 0 Å². The summed E-state index contributed by atoms with van der Waals surface area (Å²) in [5.74, 6) is -1.11. The van der Waals surface area contributed by atoms with Crippen LogP contribution in [-0.4, -0.2) is 16.2 Å². The van der Waals surface area contributed by atoms with Gasteiger partial charge in [-0.25, -0.2) is 4.79 Å². The second-order valence-electron chi connectivity index (χ2n) is 3.74. The van der Waals surface area contributed by atoms with Crippen molar-refractivity contribution in [1.82, 2.24) is 0 Å².